The molecule has 0 aliphatic heterocycles. The van der Waals surface area contributed by atoms with Crippen molar-refractivity contribution in [3.63, 3.8) is 0 Å². The van der Waals surface area contributed by atoms with Gasteiger partial charge in [0.05, 0.1) is 0 Å². The fourth-order valence-corrected chi connectivity index (χ4v) is 7.65. The quantitative estimate of drug-likeness (QED) is 0.112. The van der Waals surface area contributed by atoms with Crippen molar-refractivity contribution in [1.29, 1.82) is 0 Å². The minimum absolute atomic E-state index is 0.872. The SMILES string of the molecule is C/C=C(\C=C/Cc1ccccc1)N(c1ccc(-c2ccc3ccc4ccccc4c3c2)cc1)c1ccc(-c2ccc3ccc4ccccc4c3c2)cc1.CC. The summed E-state index contributed by atoms with van der Waals surface area (Å²) in [4.78, 5) is 2.36. The van der Waals surface area contributed by atoms with E-state index in [0.29, 0.717) is 0 Å². The van der Waals surface area contributed by atoms with Gasteiger partial charge in [-0.05, 0) is 127 Å². The highest BCUT2D eigenvalue weighted by Crippen LogP contribution is 2.36. The van der Waals surface area contributed by atoms with Gasteiger partial charge >= 0.3 is 0 Å². The number of rotatable bonds is 8. The molecule has 0 aromatic heterocycles. The Morgan fingerprint density at radius 1 is 0.418 bits per heavy atom. The average molecular weight is 708 g/mol. The summed E-state index contributed by atoms with van der Waals surface area (Å²) < 4.78 is 0. The van der Waals surface area contributed by atoms with Crippen LogP contribution >= 0.6 is 0 Å². The minimum Gasteiger partial charge on any atom is -0.311 e. The summed E-state index contributed by atoms with van der Waals surface area (Å²) in [6.07, 6.45) is 7.58. The van der Waals surface area contributed by atoms with Crippen LogP contribution in [0.3, 0.4) is 0 Å². The fraction of sp³-hybridized carbons (Fsp3) is 0.0741. The predicted molar refractivity (Wildman–Crippen MR) is 240 cm³/mol. The Hall–Kier alpha value is -6.70. The molecule has 0 amide bonds. The molecule has 9 aromatic carbocycles. The molecule has 1 heteroatoms. The Morgan fingerprint density at radius 3 is 1.29 bits per heavy atom. The molecule has 0 atom stereocenters. The number of benzene rings is 9. The molecule has 0 spiro atoms. The van der Waals surface area contributed by atoms with Gasteiger partial charge in [0.25, 0.3) is 0 Å². The second-order valence-electron chi connectivity index (χ2n) is 13.7. The lowest BCUT2D eigenvalue weighted by Crippen LogP contribution is -2.15. The van der Waals surface area contributed by atoms with Crippen molar-refractivity contribution >= 4 is 54.5 Å². The highest BCUT2D eigenvalue weighted by Gasteiger charge is 2.14. The molecule has 9 rings (SSSR count). The summed E-state index contributed by atoms with van der Waals surface area (Å²) >= 11 is 0. The maximum Gasteiger partial charge on any atom is 0.0461 e. The van der Waals surface area contributed by atoms with E-state index in [1.165, 1.54) is 70.9 Å². The summed E-state index contributed by atoms with van der Waals surface area (Å²) in [5, 5.41) is 10.2. The number of nitrogens with zero attached hydrogens (tertiary/aromatic N) is 1. The van der Waals surface area contributed by atoms with Crippen molar-refractivity contribution in [3.8, 4) is 22.3 Å². The number of anilines is 2. The molecule has 0 fully saturated rings. The molecule has 1 nitrogen and oxygen atoms in total. The van der Waals surface area contributed by atoms with Crippen LogP contribution in [0, 0.1) is 0 Å². The van der Waals surface area contributed by atoms with Crippen LogP contribution in [0.25, 0.3) is 65.3 Å². The number of hydrogen-bond acceptors (Lipinski definition) is 1. The Bertz CT molecular complexity index is 2630. The van der Waals surface area contributed by atoms with Crippen LogP contribution in [0.2, 0.25) is 0 Å². The first-order valence-corrected chi connectivity index (χ1v) is 19.4. The van der Waals surface area contributed by atoms with E-state index in [9.17, 15) is 0 Å². The van der Waals surface area contributed by atoms with Gasteiger partial charge in [0.15, 0.2) is 0 Å². The van der Waals surface area contributed by atoms with Gasteiger partial charge in [-0.25, -0.2) is 0 Å². The molecule has 9 aromatic rings. The topological polar surface area (TPSA) is 3.24 Å². The van der Waals surface area contributed by atoms with Crippen LogP contribution in [0.4, 0.5) is 11.4 Å². The van der Waals surface area contributed by atoms with E-state index in [0.717, 1.165) is 23.5 Å². The minimum atomic E-state index is 0.872. The average Bonchev–Trinajstić information content (AvgIpc) is 3.27. The van der Waals surface area contributed by atoms with Crippen LogP contribution in [-0.2, 0) is 6.42 Å². The lowest BCUT2D eigenvalue weighted by atomic mass is 9.96. The van der Waals surface area contributed by atoms with Crippen molar-refractivity contribution in [2.75, 3.05) is 4.90 Å². The van der Waals surface area contributed by atoms with Gasteiger partial charge in [0.1, 0.15) is 0 Å². The second-order valence-corrected chi connectivity index (χ2v) is 13.7. The van der Waals surface area contributed by atoms with Crippen molar-refractivity contribution in [2.24, 2.45) is 0 Å². The lowest BCUT2D eigenvalue weighted by molar-refractivity contribution is 1.18. The van der Waals surface area contributed by atoms with Gasteiger partial charge in [-0.15, -0.1) is 0 Å². The highest BCUT2D eigenvalue weighted by atomic mass is 15.1. The van der Waals surface area contributed by atoms with Crippen molar-refractivity contribution in [2.45, 2.75) is 27.2 Å². The highest BCUT2D eigenvalue weighted by molar-refractivity contribution is 6.09. The van der Waals surface area contributed by atoms with E-state index in [1.54, 1.807) is 0 Å². The molecule has 0 aliphatic carbocycles. The van der Waals surface area contributed by atoms with Crippen LogP contribution in [0.15, 0.2) is 212 Å². The molecule has 0 saturated heterocycles. The molecular formula is C54H45N. The summed E-state index contributed by atoms with van der Waals surface area (Å²) in [6.45, 7) is 6.12. The van der Waals surface area contributed by atoms with E-state index in [1.807, 2.05) is 13.8 Å². The number of allylic oxidation sites excluding steroid dienone is 3. The molecule has 0 N–H and O–H groups in total. The second kappa shape index (κ2) is 16.1. The normalized spacial score (nSPS) is 11.7. The first kappa shape index (κ1) is 35.3. The van der Waals surface area contributed by atoms with Gasteiger partial charge < -0.3 is 4.90 Å². The molecule has 0 heterocycles. The zero-order valence-electron chi connectivity index (χ0n) is 31.8. The third-order valence-corrected chi connectivity index (χ3v) is 10.5. The Morgan fingerprint density at radius 2 is 0.818 bits per heavy atom. The molecule has 0 aliphatic rings. The van der Waals surface area contributed by atoms with Gasteiger partial charge in [0, 0.05) is 17.1 Å². The molecule has 55 heavy (non-hydrogen) atoms. The molecule has 0 radical (unpaired) electrons. The Labute approximate surface area is 325 Å². The third-order valence-electron chi connectivity index (χ3n) is 10.5. The van der Waals surface area contributed by atoms with E-state index >= 15 is 0 Å². The van der Waals surface area contributed by atoms with E-state index in [2.05, 4.69) is 218 Å². The van der Waals surface area contributed by atoms with E-state index in [-0.39, 0.29) is 0 Å². The monoisotopic (exact) mass is 707 g/mol. The van der Waals surface area contributed by atoms with Crippen LogP contribution in [0.5, 0.6) is 0 Å². The van der Waals surface area contributed by atoms with Crippen molar-refractivity contribution < 1.29 is 0 Å². The zero-order valence-corrected chi connectivity index (χ0v) is 31.8. The Kier molecular flexibility index (Phi) is 10.4. The van der Waals surface area contributed by atoms with Gasteiger partial charge in [-0.3, -0.25) is 0 Å². The lowest BCUT2D eigenvalue weighted by Gasteiger charge is -2.27. The summed E-state index contributed by atoms with van der Waals surface area (Å²) in [7, 11) is 0. The summed E-state index contributed by atoms with van der Waals surface area (Å²) in [5.41, 5.74) is 9.47. The summed E-state index contributed by atoms with van der Waals surface area (Å²) in [5.74, 6) is 0. The first-order valence-electron chi connectivity index (χ1n) is 19.4. The van der Waals surface area contributed by atoms with Crippen LogP contribution in [-0.4, -0.2) is 0 Å². The maximum absolute atomic E-state index is 2.36. The maximum atomic E-state index is 2.36. The predicted octanol–water partition coefficient (Wildman–Crippen LogP) is 15.5. The van der Waals surface area contributed by atoms with Crippen molar-refractivity contribution in [1.82, 2.24) is 0 Å². The van der Waals surface area contributed by atoms with Crippen LogP contribution < -0.4 is 4.90 Å². The number of hydrogen-bond donors (Lipinski definition) is 0. The fourth-order valence-electron chi connectivity index (χ4n) is 7.65. The van der Waals surface area contributed by atoms with Gasteiger partial charge in [-0.1, -0.05) is 178 Å². The summed E-state index contributed by atoms with van der Waals surface area (Å²) in [6, 6.07) is 68.4. The van der Waals surface area contributed by atoms with E-state index in [4.69, 9.17) is 0 Å². The molecule has 0 bridgehead atoms. The van der Waals surface area contributed by atoms with Gasteiger partial charge in [-0.2, -0.15) is 0 Å². The zero-order chi connectivity index (χ0) is 37.6. The largest absolute Gasteiger partial charge is 0.311 e. The molecule has 0 saturated carbocycles. The van der Waals surface area contributed by atoms with Crippen LogP contribution in [0.1, 0.15) is 26.3 Å². The number of fused-ring (bicyclic) bond motifs is 6. The molecular weight excluding hydrogens is 663 g/mol. The smallest absolute Gasteiger partial charge is 0.0461 e. The van der Waals surface area contributed by atoms with Gasteiger partial charge in [0.2, 0.25) is 0 Å². The molecule has 0 unspecified atom stereocenters. The third kappa shape index (κ3) is 7.30. The molecule has 266 valence electrons. The Balaban J connectivity index is 0.00000210. The van der Waals surface area contributed by atoms with E-state index < -0.39 is 0 Å². The van der Waals surface area contributed by atoms with Crippen molar-refractivity contribution in [3.05, 3.63) is 218 Å². The first-order chi connectivity index (χ1) is 27.2. The standard InChI is InChI=1S/C52H39N.C2H6/c1-2-46(16-10-13-37-11-4-3-5-12-37)53(47-31-27-38(28-32-47)44-25-23-42-21-19-40-14-6-8-17-49(40)51(42)35-44)48-33-29-39(30-34-48)45-26-24-43-22-20-41-15-7-9-18-50(41)52(43)36-45;1-2/h2-12,14-36H,13H2,1H3;1-2H3/b16-10-,46-2+;.